The molecule has 5 heteroatoms. The first-order valence-corrected chi connectivity index (χ1v) is 9.24. The highest BCUT2D eigenvalue weighted by Gasteiger charge is 2.24. The molecule has 0 atom stereocenters. The molecule has 0 unspecified atom stereocenters. The normalized spacial score (nSPS) is 15.0. The average Bonchev–Trinajstić information content (AvgIpc) is 2.62. The van der Waals surface area contributed by atoms with Gasteiger partial charge < -0.3 is 10.2 Å². The summed E-state index contributed by atoms with van der Waals surface area (Å²) in [4.78, 5) is 26.7. The van der Waals surface area contributed by atoms with Gasteiger partial charge in [-0.3, -0.25) is 9.59 Å². The molecule has 1 aliphatic rings. The molecule has 130 valence electrons. The molecule has 2 aromatic rings. The summed E-state index contributed by atoms with van der Waals surface area (Å²) in [6, 6.07) is 15.1. The van der Waals surface area contributed by atoms with Crippen molar-refractivity contribution < 1.29 is 9.59 Å². The molecule has 4 nitrogen and oxygen atoms in total. The highest BCUT2D eigenvalue weighted by Crippen LogP contribution is 2.17. The molecule has 0 aliphatic carbocycles. The quantitative estimate of drug-likeness (QED) is 0.851. The van der Waals surface area contributed by atoms with Crippen LogP contribution < -0.4 is 5.32 Å². The van der Waals surface area contributed by atoms with Crippen molar-refractivity contribution in [3.8, 4) is 0 Å². The second kappa shape index (κ2) is 7.83. The molecule has 0 aromatic heterocycles. The van der Waals surface area contributed by atoms with Gasteiger partial charge >= 0.3 is 0 Å². The predicted molar refractivity (Wildman–Crippen MR) is 102 cm³/mol. The third kappa shape index (κ3) is 4.48. The lowest BCUT2D eigenvalue weighted by Gasteiger charge is -2.32. The zero-order valence-electron chi connectivity index (χ0n) is 14.2. The van der Waals surface area contributed by atoms with Crippen molar-refractivity contribution in [1.29, 1.82) is 0 Å². The summed E-state index contributed by atoms with van der Waals surface area (Å²) in [6.07, 6.45) is 1.56. The highest BCUT2D eigenvalue weighted by atomic mass is 79.9. The Labute approximate surface area is 156 Å². The Hall–Kier alpha value is -2.14. The smallest absolute Gasteiger partial charge is 0.253 e. The SMILES string of the molecule is Cc1cccc(C(=O)NC2CCN(C(=O)c3ccc(Br)cc3)CC2)c1. The largest absolute Gasteiger partial charge is 0.349 e. The summed E-state index contributed by atoms with van der Waals surface area (Å²) in [5, 5.41) is 3.09. The first kappa shape index (κ1) is 17.7. The Bertz CT molecular complexity index is 766. The van der Waals surface area contributed by atoms with Gasteiger partial charge in [0.05, 0.1) is 0 Å². The van der Waals surface area contributed by atoms with Crippen LogP contribution >= 0.6 is 15.9 Å². The molecule has 2 aromatic carbocycles. The van der Waals surface area contributed by atoms with Crippen LogP contribution in [-0.4, -0.2) is 35.8 Å². The van der Waals surface area contributed by atoms with Crippen LogP contribution in [0.15, 0.2) is 53.0 Å². The standard InChI is InChI=1S/C20H21BrN2O2/c1-14-3-2-4-16(13-14)19(24)22-18-9-11-23(12-10-18)20(25)15-5-7-17(21)8-6-15/h2-8,13,18H,9-12H2,1H3,(H,22,24). The Balaban J connectivity index is 1.54. The van der Waals surface area contributed by atoms with E-state index < -0.39 is 0 Å². The van der Waals surface area contributed by atoms with Crippen LogP contribution in [0.2, 0.25) is 0 Å². The van der Waals surface area contributed by atoms with E-state index in [1.165, 1.54) is 0 Å². The average molecular weight is 401 g/mol. The summed E-state index contributed by atoms with van der Waals surface area (Å²) in [5.41, 5.74) is 2.46. The molecule has 1 fully saturated rings. The van der Waals surface area contributed by atoms with Crippen molar-refractivity contribution >= 4 is 27.7 Å². The minimum absolute atomic E-state index is 0.0404. The summed E-state index contributed by atoms with van der Waals surface area (Å²) >= 11 is 3.38. The fourth-order valence-electron chi connectivity index (χ4n) is 3.06. The van der Waals surface area contributed by atoms with Crippen LogP contribution in [0.5, 0.6) is 0 Å². The minimum atomic E-state index is -0.0404. The van der Waals surface area contributed by atoms with Crippen LogP contribution in [0.1, 0.15) is 39.1 Å². The summed E-state index contributed by atoms with van der Waals surface area (Å²) in [6.45, 7) is 3.30. The molecule has 1 saturated heterocycles. The summed E-state index contributed by atoms with van der Waals surface area (Å²) in [7, 11) is 0. The van der Waals surface area contributed by atoms with E-state index in [0.29, 0.717) is 24.2 Å². The van der Waals surface area contributed by atoms with E-state index in [2.05, 4.69) is 21.2 Å². The van der Waals surface area contributed by atoms with Gasteiger partial charge in [0.1, 0.15) is 0 Å². The van der Waals surface area contributed by atoms with Gasteiger partial charge in [-0.15, -0.1) is 0 Å². The number of piperidine rings is 1. The molecule has 1 aliphatic heterocycles. The van der Waals surface area contributed by atoms with Gasteiger partial charge in [-0.25, -0.2) is 0 Å². The minimum Gasteiger partial charge on any atom is -0.349 e. The Morgan fingerprint density at radius 2 is 1.72 bits per heavy atom. The Kier molecular flexibility index (Phi) is 5.53. The second-order valence-electron chi connectivity index (χ2n) is 6.42. The molecule has 0 bridgehead atoms. The van der Waals surface area contributed by atoms with Crippen molar-refractivity contribution in [2.45, 2.75) is 25.8 Å². The maximum absolute atomic E-state index is 12.5. The molecule has 1 heterocycles. The molecular formula is C20H21BrN2O2. The fourth-order valence-corrected chi connectivity index (χ4v) is 3.32. The highest BCUT2D eigenvalue weighted by molar-refractivity contribution is 9.10. The van der Waals surface area contributed by atoms with Gasteiger partial charge in [0.2, 0.25) is 0 Å². The lowest BCUT2D eigenvalue weighted by atomic mass is 10.0. The summed E-state index contributed by atoms with van der Waals surface area (Å²) < 4.78 is 0.960. The van der Waals surface area contributed by atoms with E-state index in [-0.39, 0.29) is 17.9 Å². The first-order valence-electron chi connectivity index (χ1n) is 8.45. The van der Waals surface area contributed by atoms with Gasteiger partial charge in [-0.1, -0.05) is 33.6 Å². The number of likely N-dealkylation sites (tertiary alicyclic amines) is 1. The number of aryl methyl sites for hydroxylation is 1. The van der Waals surface area contributed by atoms with E-state index >= 15 is 0 Å². The number of carbonyl (C=O) groups excluding carboxylic acids is 2. The van der Waals surface area contributed by atoms with Crippen molar-refractivity contribution in [2.24, 2.45) is 0 Å². The maximum atomic E-state index is 12.5. The monoisotopic (exact) mass is 400 g/mol. The van der Waals surface area contributed by atoms with E-state index in [1.54, 1.807) is 0 Å². The third-order valence-corrected chi connectivity index (χ3v) is 5.02. The number of nitrogens with one attached hydrogen (secondary N) is 1. The number of amides is 2. The first-order chi connectivity index (χ1) is 12.0. The van der Waals surface area contributed by atoms with E-state index in [4.69, 9.17) is 0 Å². The summed E-state index contributed by atoms with van der Waals surface area (Å²) in [5.74, 6) is 0.0114. The molecule has 0 spiro atoms. The number of hydrogen-bond acceptors (Lipinski definition) is 2. The van der Waals surface area contributed by atoms with Crippen LogP contribution in [-0.2, 0) is 0 Å². The predicted octanol–water partition coefficient (Wildman–Crippen LogP) is 3.79. The molecule has 25 heavy (non-hydrogen) atoms. The third-order valence-electron chi connectivity index (χ3n) is 4.49. The van der Waals surface area contributed by atoms with Crippen LogP contribution in [0.4, 0.5) is 0 Å². The molecular weight excluding hydrogens is 380 g/mol. The van der Waals surface area contributed by atoms with E-state index in [0.717, 1.165) is 22.9 Å². The Morgan fingerprint density at radius 3 is 2.36 bits per heavy atom. The number of benzene rings is 2. The Morgan fingerprint density at radius 1 is 1.04 bits per heavy atom. The molecule has 1 N–H and O–H groups in total. The van der Waals surface area contributed by atoms with Crippen molar-refractivity contribution in [2.75, 3.05) is 13.1 Å². The second-order valence-corrected chi connectivity index (χ2v) is 7.33. The van der Waals surface area contributed by atoms with Gasteiger partial charge in [0.25, 0.3) is 11.8 Å². The van der Waals surface area contributed by atoms with Crippen molar-refractivity contribution in [3.05, 3.63) is 69.7 Å². The number of carbonyl (C=O) groups is 2. The zero-order valence-corrected chi connectivity index (χ0v) is 15.8. The van der Waals surface area contributed by atoms with Crippen LogP contribution in [0.3, 0.4) is 0 Å². The van der Waals surface area contributed by atoms with Gasteiger partial charge in [-0.2, -0.15) is 0 Å². The molecule has 2 amide bonds. The van der Waals surface area contributed by atoms with Gasteiger partial charge in [0.15, 0.2) is 0 Å². The molecule has 3 rings (SSSR count). The zero-order chi connectivity index (χ0) is 17.8. The maximum Gasteiger partial charge on any atom is 0.253 e. The van der Waals surface area contributed by atoms with Gasteiger partial charge in [-0.05, 0) is 56.2 Å². The van der Waals surface area contributed by atoms with E-state index in [1.807, 2.05) is 60.4 Å². The van der Waals surface area contributed by atoms with Crippen LogP contribution in [0, 0.1) is 6.92 Å². The van der Waals surface area contributed by atoms with Gasteiger partial charge in [0, 0.05) is 34.7 Å². The molecule has 0 radical (unpaired) electrons. The number of rotatable bonds is 3. The molecule has 0 saturated carbocycles. The lowest BCUT2D eigenvalue weighted by molar-refractivity contribution is 0.0698. The van der Waals surface area contributed by atoms with Crippen molar-refractivity contribution in [1.82, 2.24) is 10.2 Å². The number of nitrogens with zero attached hydrogens (tertiary/aromatic N) is 1. The van der Waals surface area contributed by atoms with E-state index in [9.17, 15) is 9.59 Å². The number of hydrogen-bond donors (Lipinski definition) is 1. The van der Waals surface area contributed by atoms with Crippen molar-refractivity contribution in [3.63, 3.8) is 0 Å². The number of halogens is 1. The topological polar surface area (TPSA) is 49.4 Å². The fraction of sp³-hybridized carbons (Fsp3) is 0.300. The lowest BCUT2D eigenvalue weighted by Crippen LogP contribution is -2.46. The van der Waals surface area contributed by atoms with Crippen LogP contribution in [0.25, 0.3) is 0 Å².